The van der Waals surface area contributed by atoms with Gasteiger partial charge < -0.3 is 20.8 Å². The van der Waals surface area contributed by atoms with Crippen molar-refractivity contribution >= 4 is 26.6 Å². The highest BCUT2D eigenvalue weighted by molar-refractivity contribution is 7.23. The van der Waals surface area contributed by atoms with Gasteiger partial charge >= 0.3 is 0 Å². The Morgan fingerprint density at radius 2 is 2.07 bits per heavy atom. The molecule has 4 N–H and O–H groups in total. The van der Waals surface area contributed by atoms with Crippen LogP contribution < -0.4 is 21.3 Å². The van der Waals surface area contributed by atoms with Crippen molar-refractivity contribution in [3.05, 3.63) is 81.5 Å². The Kier molecular flexibility index (Phi) is 4.55. The molecule has 0 aliphatic carbocycles. The molecule has 1 aromatic carbocycles. The number of aromatic amines is 1. The summed E-state index contributed by atoms with van der Waals surface area (Å²) in [5.74, 6) is -0.425. The molecule has 0 saturated heterocycles. The minimum absolute atomic E-state index is 0.0479. The van der Waals surface area contributed by atoms with E-state index in [1.165, 1.54) is 11.3 Å². The summed E-state index contributed by atoms with van der Waals surface area (Å²) in [4.78, 5) is 15.9. The molecular weight excluding hydrogens is 386 g/mol. The number of pyridine rings is 1. The highest BCUT2D eigenvalue weighted by Gasteiger charge is 2.35. The van der Waals surface area contributed by atoms with Crippen LogP contribution in [-0.2, 0) is 0 Å². The number of rotatable bonds is 4. The van der Waals surface area contributed by atoms with Gasteiger partial charge in [-0.2, -0.15) is 10.5 Å². The summed E-state index contributed by atoms with van der Waals surface area (Å²) in [5, 5.41) is 23.0. The van der Waals surface area contributed by atoms with Crippen molar-refractivity contribution in [2.75, 3.05) is 11.9 Å². The molecule has 1 atom stereocenters. The maximum atomic E-state index is 13.1. The Hall–Kier alpha value is -4.01. The van der Waals surface area contributed by atoms with Crippen LogP contribution in [0.15, 0.2) is 59.2 Å². The minimum Gasteiger partial charge on any atom is -0.438 e. The van der Waals surface area contributed by atoms with Crippen molar-refractivity contribution in [2.45, 2.75) is 5.92 Å². The highest BCUT2D eigenvalue weighted by Crippen LogP contribution is 2.47. The van der Waals surface area contributed by atoms with Gasteiger partial charge in [-0.1, -0.05) is 36.4 Å². The van der Waals surface area contributed by atoms with Crippen molar-refractivity contribution in [1.29, 1.82) is 10.5 Å². The molecule has 3 heterocycles. The fraction of sp³-hybridized carbons (Fsp3) is 0.0952. The molecule has 0 amide bonds. The molecule has 0 saturated carbocycles. The molecule has 4 rings (SSSR count). The van der Waals surface area contributed by atoms with Gasteiger partial charge in [0.15, 0.2) is 5.75 Å². The molecule has 29 heavy (non-hydrogen) atoms. The van der Waals surface area contributed by atoms with Gasteiger partial charge in [-0.05, 0) is 5.56 Å². The number of benzene rings is 1. The van der Waals surface area contributed by atoms with Gasteiger partial charge in [0.2, 0.25) is 5.88 Å². The van der Waals surface area contributed by atoms with Crippen LogP contribution in [0.4, 0.5) is 5.00 Å². The molecule has 0 spiro atoms. The smallest absolute Gasteiger partial charge is 0.256 e. The minimum atomic E-state index is -0.657. The topological polar surface area (TPSA) is 128 Å². The maximum Gasteiger partial charge on any atom is 0.256 e. The van der Waals surface area contributed by atoms with Crippen LogP contribution in [0.5, 0.6) is 5.75 Å². The number of H-pyrrole nitrogens is 1. The largest absolute Gasteiger partial charge is 0.438 e. The van der Waals surface area contributed by atoms with E-state index in [4.69, 9.17) is 10.5 Å². The van der Waals surface area contributed by atoms with Crippen LogP contribution >= 0.6 is 11.3 Å². The molecular formula is C21H15N5O2S. The van der Waals surface area contributed by atoms with E-state index in [9.17, 15) is 15.3 Å². The fourth-order valence-electron chi connectivity index (χ4n) is 3.43. The summed E-state index contributed by atoms with van der Waals surface area (Å²) in [5.41, 5.74) is 7.57. The second kappa shape index (κ2) is 7.19. The number of ether oxygens (including phenoxy) is 1. The van der Waals surface area contributed by atoms with Crippen LogP contribution in [0.1, 0.15) is 22.6 Å². The van der Waals surface area contributed by atoms with Crippen LogP contribution in [0.25, 0.3) is 10.2 Å². The van der Waals surface area contributed by atoms with Gasteiger partial charge in [0.25, 0.3) is 5.56 Å². The zero-order chi connectivity index (χ0) is 20.5. The number of nitrogens with two attached hydrogens (primary N) is 1. The monoisotopic (exact) mass is 401 g/mol. The van der Waals surface area contributed by atoms with E-state index in [2.05, 4.69) is 29.0 Å². The van der Waals surface area contributed by atoms with E-state index < -0.39 is 11.5 Å². The fourth-order valence-corrected chi connectivity index (χ4v) is 4.54. The molecule has 1 aliphatic rings. The van der Waals surface area contributed by atoms with Crippen LogP contribution in [0.3, 0.4) is 0 Å². The van der Waals surface area contributed by atoms with E-state index in [1.54, 1.807) is 6.08 Å². The van der Waals surface area contributed by atoms with E-state index >= 15 is 0 Å². The first-order valence-corrected chi connectivity index (χ1v) is 9.52. The molecule has 0 radical (unpaired) electrons. The van der Waals surface area contributed by atoms with Crippen molar-refractivity contribution in [1.82, 2.24) is 4.98 Å². The van der Waals surface area contributed by atoms with Crippen molar-refractivity contribution in [3.63, 3.8) is 0 Å². The zero-order valence-corrected chi connectivity index (χ0v) is 16.0. The Labute approximate surface area is 170 Å². The number of fused-ring (bicyclic) bond motifs is 3. The first-order valence-electron chi connectivity index (χ1n) is 8.70. The molecule has 0 bridgehead atoms. The molecule has 1 aliphatic heterocycles. The number of nitrogens with one attached hydrogen (secondary N) is 2. The number of aromatic nitrogens is 1. The quantitative estimate of drug-likeness (QED) is 0.576. The van der Waals surface area contributed by atoms with E-state index in [1.807, 2.05) is 30.3 Å². The molecule has 8 heteroatoms. The summed E-state index contributed by atoms with van der Waals surface area (Å²) in [6.45, 7) is 4.12. The van der Waals surface area contributed by atoms with Crippen molar-refractivity contribution in [3.8, 4) is 17.9 Å². The van der Waals surface area contributed by atoms with Gasteiger partial charge in [0, 0.05) is 6.54 Å². The second-order valence-electron chi connectivity index (χ2n) is 6.32. The lowest BCUT2D eigenvalue weighted by molar-refractivity contribution is 0.397. The number of nitrogens with zero attached hydrogens (tertiary/aromatic N) is 2. The van der Waals surface area contributed by atoms with Gasteiger partial charge in [-0.15, -0.1) is 17.9 Å². The average molecular weight is 401 g/mol. The van der Waals surface area contributed by atoms with Crippen LogP contribution in [0, 0.1) is 22.7 Å². The third-order valence-electron chi connectivity index (χ3n) is 4.67. The molecule has 3 aromatic rings. The first kappa shape index (κ1) is 18.4. The zero-order valence-electron chi connectivity index (χ0n) is 15.2. The lowest BCUT2D eigenvalue weighted by Crippen LogP contribution is -2.27. The van der Waals surface area contributed by atoms with Crippen molar-refractivity contribution < 1.29 is 4.74 Å². The normalized spacial score (nSPS) is 15.2. The van der Waals surface area contributed by atoms with Gasteiger partial charge in [-0.3, -0.25) is 4.79 Å². The number of nitriles is 2. The molecule has 1 unspecified atom stereocenters. The standard InChI is InChI=1S/C21H15N5O2S/c1-2-8-25-21-13(10-23)16-18(29-21)17-15(20(27)26-16)14(11-6-4-3-5-7-11)12(9-22)19(24)28-17/h2-7,14,25H,1,8,24H2,(H,26,27). The third kappa shape index (κ3) is 2.83. The Morgan fingerprint density at radius 1 is 1.31 bits per heavy atom. The summed E-state index contributed by atoms with van der Waals surface area (Å²) >= 11 is 1.28. The SMILES string of the molecule is C=CCNc1sc2c3c(c(=O)[nH]c2c1C#N)C(c1ccccc1)C(C#N)=C(N)O3. The molecule has 7 nitrogen and oxygen atoms in total. The molecule has 142 valence electrons. The van der Waals surface area contributed by atoms with E-state index in [0.717, 1.165) is 5.56 Å². The number of hydrogen-bond donors (Lipinski definition) is 3. The van der Waals surface area contributed by atoms with Crippen LogP contribution in [-0.4, -0.2) is 11.5 Å². The predicted molar refractivity (Wildman–Crippen MR) is 112 cm³/mol. The van der Waals surface area contributed by atoms with Crippen molar-refractivity contribution in [2.24, 2.45) is 5.73 Å². The average Bonchev–Trinajstić information content (AvgIpc) is 3.09. The lowest BCUT2D eigenvalue weighted by atomic mass is 9.84. The summed E-state index contributed by atoms with van der Waals surface area (Å²) in [6.07, 6.45) is 1.67. The van der Waals surface area contributed by atoms with Crippen LogP contribution in [0.2, 0.25) is 0 Å². The highest BCUT2D eigenvalue weighted by atomic mass is 32.1. The van der Waals surface area contributed by atoms with Gasteiger partial charge in [0.05, 0.1) is 21.7 Å². The van der Waals surface area contributed by atoms with E-state index in [-0.39, 0.29) is 17.2 Å². The predicted octanol–water partition coefficient (Wildman–Crippen LogP) is 3.28. The number of thiophene rings is 1. The first-order chi connectivity index (χ1) is 14.1. The summed E-state index contributed by atoms with van der Waals surface area (Å²) < 4.78 is 6.35. The number of hydrogen-bond acceptors (Lipinski definition) is 7. The summed E-state index contributed by atoms with van der Waals surface area (Å²) in [7, 11) is 0. The molecule has 0 fully saturated rings. The second-order valence-corrected chi connectivity index (χ2v) is 7.34. The summed E-state index contributed by atoms with van der Waals surface area (Å²) in [6, 6.07) is 13.4. The number of anilines is 1. The van der Waals surface area contributed by atoms with Gasteiger partial charge in [0.1, 0.15) is 28.3 Å². The Bertz CT molecular complexity index is 1310. The third-order valence-corrected chi connectivity index (χ3v) is 5.82. The lowest BCUT2D eigenvalue weighted by Gasteiger charge is -2.25. The maximum absolute atomic E-state index is 13.1. The Balaban J connectivity index is 2.05. The van der Waals surface area contributed by atoms with E-state index in [0.29, 0.717) is 32.9 Å². The van der Waals surface area contributed by atoms with Gasteiger partial charge in [-0.25, -0.2) is 0 Å². The molecule has 2 aromatic heterocycles. The number of allylic oxidation sites excluding steroid dienone is 1. The Morgan fingerprint density at radius 3 is 2.72 bits per heavy atom.